The predicted molar refractivity (Wildman–Crippen MR) is 109 cm³/mol. The number of carbonyl (C=O) groups excluding carboxylic acids is 2. The van der Waals surface area contributed by atoms with Gasteiger partial charge in [0.2, 0.25) is 0 Å². The molecule has 0 aliphatic carbocycles. The lowest BCUT2D eigenvalue weighted by Crippen LogP contribution is -2.14. The molecule has 29 heavy (non-hydrogen) atoms. The fourth-order valence-corrected chi connectivity index (χ4v) is 2.96. The van der Waals surface area contributed by atoms with Gasteiger partial charge in [-0.1, -0.05) is 42.5 Å². The molecule has 6 nitrogen and oxygen atoms in total. The number of anilines is 1. The van der Waals surface area contributed by atoms with Crippen LogP contribution in [0.4, 0.5) is 5.69 Å². The Morgan fingerprint density at radius 3 is 2.14 bits per heavy atom. The van der Waals surface area contributed by atoms with Crippen LogP contribution >= 0.6 is 0 Å². The highest BCUT2D eigenvalue weighted by Crippen LogP contribution is 2.28. The van der Waals surface area contributed by atoms with Crippen molar-refractivity contribution in [1.29, 1.82) is 0 Å². The number of hydrogen-bond donors (Lipinski definition) is 2. The first-order chi connectivity index (χ1) is 14.0. The van der Waals surface area contributed by atoms with Gasteiger partial charge >= 0.3 is 11.9 Å². The molecule has 1 amide bonds. The lowest BCUT2D eigenvalue weighted by Gasteiger charge is -2.13. The van der Waals surface area contributed by atoms with Gasteiger partial charge in [-0.25, -0.2) is 9.59 Å². The molecular weight excluding hydrogens is 370 g/mol. The van der Waals surface area contributed by atoms with Crippen LogP contribution in [0.3, 0.4) is 0 Å². The molecule has 0 saturated carbocycles. The molecule has 0 atom stereocenters. The number of rotatable bonds is 6. The summed E-state index contributed by atoms with van der Waals surface area (Å²) in [6.07, 6.45) is 0. The molecule has 6 heteroatoms. The van der Waals surface area contributed by atoms with Gasteiger partial charge in [0.25, 0.3) is 5.91 Å². The number of aromatic carboxylic acids is 1. The second-order valence-electron chi connectivity index (χ2n) is 6.15. The molecule has 3 aromatic rings. The van der Waals surface area contributed by atoms with Gasteiger partial charge in [-0.15, -0.1) is 0 Å². The van der Waals surface area contributed by atoms with E-state index >= 15 is 0 Å². The van der Waals surface area contributed by atoms with E-state index in [-0.39, 0.29) is 12.2 Å². The summed E-state index contributed by atoms with van der Waals surface area (Å²) < 4.78 is 4.98. The maximum Gasteiger partial charge on any atom is 0.338 e. The van der Waals surface area contributed by atoms with Gasteiger partial charge in [0.15, 0.2) is 0 Å². The first-order valence-electron chi connectivity index (χ1n) is 9.01. The van der Waals surface area contributed by atoms with Crippen LogP contribution in [0.25, 0.3) is 11.1 Å². The molecule has 0 aliphatic rings. The lowest BCUT2D eigenvalue weighted by molar-refractivity contribution is 0.0525. The number of carboxylic acids is 1. The number of ether oxygens (including phenoxy) is 1. The van der Waals surface area contributed by atoms with Crippen molar-refractivity contribution in [1.82, 2.24) is 0 Å². The third-order valence-corrected chi connectivity index (χ3v) is 4.25. The van der Waals surface area contributed by atoms with Crippen molar-refractivity contribution in [3.05, 3.63) is 89.5 Å². The van der Waals surface area contributed by atoms with Gasteiger partial charge in [0.05, 0.1) is 17.7 Å². The van der Waals surface area contributed by atoms with Crippen LogP contribution in [0.1, 0.15) is 38.0 Å². The maximum absolute atomic E-state index is 12.9. The summed E-state index contributed by atoms with van der Waals surface area (Å²) in [4.78, 5) is 36.4. The van der Waals surface area contributed by atoms with E-state index in [1.54, 1.807) is 67.6 Å². The monoisotopic (exact) mass is 389 g/mol. The van der Waals surface area contributed by atoms with E-state index in [0.29, 0.717) is 27.9 Å². The Morgan fingerprint density at radius 1 is 0.862 bits per heavy atom. The molecule has 0 spiro atoms. The highest BCUT2D eigenvalue weighted by Gasteiger charge is 2.18. The summed E-state index contributed by atoms with van der Waals surface area (Å²) in [5.74, 6) is -1.96. The normalized spacial score (nSPS) is 10.2. The van der Waals surface area contributed by atoms with Crippen LogP contribution in [0, 0.1) is 0 Å². The van der Waals surface area contributed by atoms with E-state index in [4.69, 9.17) is 4.74 Å². The van der Waals surface area contributed by atoms with E-state index < -0.39 is 17.8 Å². The van der Waals surface area contributed by atoms with Gasteiger partial charge in [-0.2, -0.15) is 0 Å². The topological polar surface area (TPSA) is 92.7 Å². The third-order valence-electron chi connectivity index (χ3n) is 4.25. The van der Waals surface area contributed by atoms with E-state index in [2.05, 4.69) is 5.32 Å². The molecule has 0 fully saturated rings. The second-order valence-corrected chi connectivity index (χ2v) is 6.15. The highest BCUT2D eigenvalue weighted by molar-refractivity contribution is 6.10. The van der Waals surface area contributed by atoms with Gasteiger partial charge in [-0.05, 0) is 48.4 Å². The van der Waals surface area contributed by atoms with Crippen molar-refractivity contribution in [2.75, 3.05) is 11.9 Å². The molecule has 3 aromatic carbocycles. The van der Waals surface area contributed by atoms with Crippen LogP contribution in [0.5, 0.6) is 0 Å². The number of carboxylic acid groups (broad SMARTS) is 1. The average molecular weight is 389 g/mol. The van der Waals surface area contributed by atoms with Gasteiger partial charge in [-0.3, -0.25) is 4.79 Å². The SMILES string of the molecule is CCOC(=O)c1cccc(NC(=O)c2ccccc2-c2ccccc2C(=O)O)c1. The molecule has 0 unspecified atom stereocenters. The molecular formula is C23H19NO5. The number of benzene rings is 3. The summed E-state index contributed by atoms with van der Waals surface area (Å²) >= 11 is 0. The molecule has 2 N–H and O–H groups in total. The van der Waals surface area contributed by atoms with E-state index in [1.807, 2.05) is 0 Å². The molecule has 0 bridgehead atoms. The van der Waals surface area contributed by atoms with E-state index in [1.165, 1.54) is 12.1 Å². The minimum absolute atomic E-state index is 0.108. The van der Waals surface area contributed by atoms with Gasteiger partial charge in [0, 0.05) is 11.3 Å². The summed E-state index contributed by atoms with van der Waals surface area (Å²) in [6.45, 7) is 1.97. The quantitative estimate of drug-likeness (QED) is 0.607. The Hall–Kier alpha value is -3.93. The standard InChI is InChI=1S/C23H19NO5/c1-2-29-23(28)15-8-7-9-16(14-15)24-21(25)19-12-5-3-10-17(19)18-11-4-6-13-20(18)22(26)27/h3-14H,2H2,1H3,(H,24,25)(H,26,27). The van der Waals surface area contributed by atoms with Crippen LogP contribution in [-0.4, -0.2) is 29.6 Å². The van der Waals surface area contributed by atoms with Gasteiger partial charge in [0.1, 0.15) is 0 Å². The summed E-state index contributed by atoms with van der Waals surface area (Å²) in [5, 5.41) is 12.2. The Morgan fingerprint density at radius 2 is 1.48 bits per heavy atom. The Balaban J connectivity index is 1.94. The van der Waals surface area contributed by atoms with Crippen molar-refractivity contribution in [3.63, 3.8) is 0 Å². The molecule has 146 valence electrons. The van der Waals surface area contributed by atoms with Crippen LogP contribution in [0.15, 0.2) is 72.8 Å². The minimum atomic E-state index is -1.07. The number of hydrogen-bond acceptors (Lipinski definition) is 4. The zero-order chi connectivity index (χ0) is 20.8. The zero-order valence-electron chi connectivity index (χ0n) is 15.7. The van der Waals surface area contributed by atoms with Crippen molar-refractivity contribution >= 4 is 23.5 Å². The van der Waals surface area contributed by atoms with Crippen LogP contribution in [-0.2, 0) is 4.74 Å². The molecule has 0 saturated heterocycles. The second kappa shape index (κ2) is 8.84. The fourth-order valence-electron chi connectivity index (χ4n) is 2.96. The van der Waals surface area contributed by atoms with E-state index in [9.17, 15) is 19.5 Å². The first-order valence-corrected chi connectivity index (χ1v) is 9.01. The largest absolute Gasteiger partial charge is 0.478 e. The maximum atomic E-state index is 12.9. The van der Waals surface area contributed by atoms with E-state index in [0.717, 1.165) is 0 Å². The molecule has 0 aliphatic heterocycles. The van der Waals surface area contributed by atoms with Crippen molar-refractivity contribution in [2.24, 2.45) is 0 Å². The third kappa shape index (κ3) is 4.50. The average Bonchev–Trinajstić information content (AvgIpc) is 2.74. The summed E-state index contributed by atoms with van der Waals surface area (Å²) in [5.41, 5.74) is 2.14. The van der Waals surface area contributed by atoms with Crippen molar-refractivity contribution < 1.29 is 24.2 Å². The molecule has 0 heterocycles. The summed E-state index contributed by atoms with van der Waals surface area (Å²) in [6, 6.07) is 19.7. The smallest absolute Gasteiger partial charge is 0.338 e. The van der Waals surface area contributed by atoms with Crippen LogP contribution < -0.4 is 5.32 Å². The highest BCUT2D eigenvalue weighted by atomic mass is 16.5. The molecule has 3 rings (SSSR count). The summed E-state index contributed by atoms with van der Waals surface area (Å²) in [7, 11) is 0. The van der Waals surface area contributed by atoms with Gasteiger partial charge < -0.3 is 15.2 Å². The first kappa shape index (κ1) is 19.8. The fraction of sp³-hybridized carbons (Fsp3) is 0.0870. The number of amides is 1. The Kier molecular flexibility index (Phi) is 6.04. The lowest BCUT2D eigenvalue weighted by atomic mass is 9.95. The number of carbonyl (C=O) groups is 3. The predicted octanol–water partition coefficient (Wildman–Crippen LogP) is 4.48. The van der Waals surface area contributed by atoms with Crippen LogP contribution in [0.2, 0.25) is 0 Å². The Bertz CT molecular complexity index is 1070. The number of esters is 1. The zero-order valence-corrected chi connectivity index (χ0v) is 15.7. The van der Waals surface area contributed by atoms with Crippen molar-refractivity contribution in [3.8, 4) is 11.1 Å². The molecule has 0 aromatic heterocycles. The minimum Gasteiger partial charge on any atom is -0.478 e. The Labute approximate surface area is 167 Å². The molecule has 0 radical (unpaired) electrons. The van der Waals surface area contributed by atoms with Crippen molar-refractivity contribution in [2.45, 2.75) is 6.92 Å². The number of nitrogens with one attached hydrogen (secondary N) is 1.